The van der Waals surface area contributed by atoms with Gasteiger partial charge in [0.2, 0.25) is 5.91 Å². The highest BCUT2D eigenvalue weighted by Gasteiger charge is 2.37. The maximum Gasteiger partial charge on any atom is 0.237 e. The summed E-state index contributed by atoms with van der Waals surface area (Å²) in [5, 5.41) is 3.04. The molecule has 18 heavy (non-hydrogen) atoms. The van der Waals surface area contributed by atoms with Crippen molar-refractivity contribution in [2.24, 2.45) is 11.7 Å². The van der Waals surface area contributed by atoms with Crippen LogP contribution >= 0.6 is 0 Å². The summed E-state index contributed by atoms with van der Waals surface area (Å²) in [7, 11) is 0. The Hall–Kier alpha value is -1.35. The molecule has 3 heteroatoms. The molecular formula is C15H22N2O. The second kappa shape index (κ2) is 6.01. The van der Waals surface area contributed by atoms with Crippen molar-refractivity contribution in [3.05, 3.63) is 35.9 Å². The average molecular weight is 246 g/mol. The molecule has 0 bridgehead atoms. The quantitative estimate of drug-likeness (QED) is 0.805. The van der Waals surface area contributed by atoms with Gasteiger partial charge in [0.15, 0.2) is 0 Å². The van der Waals surface area contributed by atoms with Crippen LogP contribution in [-0.2, 0) is 11.2 Å². The van der Waals surface area contributed by atoms with Crippen LogP contribution in [0.25, 0.3) is 0 Å². The lowest BCUT2D eigenvalue weighted by Crippen LogP contribution is -2.43. The minimum atomic E-state index is -0.435. The molecule has 0 aliphatic heterocycles. The van der Waals surface area contributed by atoms with Crippen molar-refractivity contribution in [1.82, 2.24) is 5.32 Å². The summed E-state index contributed by atoms with van der Waals surface area (Å²) in [6, 6.07) is 9.86. The summed E-state index contributed by atoms with van der Waals surface area (Å²) in [5.41, 5.74) is 7.04. The highest BCUT2D eigenvalue weighted by molar-refractivity contribution is 5.82. The summed E-state index contributed by atoms with van der Waals surface area (Å²) < 4.78 is 0. The van der Waals surface area contributed by atoms with Gasteiger partial charge in [-0.25, -0.2) is 0 Å². The molecule has 2 rings (SSSR count). The Kier molecular flexibility index (Phi) is 4.37. The van der Waals surface area contributed by atoms with Gasteiger partial charge in [-0.1, -0.05) is 43.7 Å². The first kappa shape index (κ1) is 13.1. The van der Waals surface area contributed by atoms with E-state index in [0.717, 1.165) is 12.0 Å². The van der Waals surface area contributed by atoms with E-state index >= 15 is 0 Å². The van der Waals surface area contributed by atoms with Crippen LogP contribution in [-0.4, -0.2) is 18.0 Å². The molecule has 0 heterocycles. The van der Waals surface area contributed by atoms with E-state index in [2.05, 4.69) is 12.2 Å². The Morgan fingerprint density at radius 1 is 1.44 bits per heavy atom. The molecule has 0 aromatic heterocycles. The van der Waals surface area contributed by atoms with Crippen molar-refractivity contribution >= 4 is 5.91 Å². The van der Waals surface area contributed by atoms with E-state index in [4.69, 9.17) is 5.73 Å². The molecule has 1 amide bonds. The minimum Gasteiger partial charge on any atom is -0.352 e. The number of hydrogen-bond donors (Lipinski definition) is 2. The molecule has 1 fully saturated rings. The Morgan fingerprint density at radius 2 is 2.17 bits per heavy atom. The smallest absolute Gasteiger partial charge is 0.237 e. The van der Waals surface area contributed by atoms with E-state index in [1.54, 1.807) is 0 Å². The summed E-state index contributed by atoms with van der Waals surface area (Å²) in [5.74, 6) is 0.672. The molecule has 1 aromatic rings. The van der Waals surface area contributed by atoms with Gasteiger partial charge in [0.25, 0.3) is 0 Å². The number of carbonyl (C=O) groups is 1. The number of amides is 1. The summed E-state index contributed by atoms with van der Waals surface area (Å²) in [6.45, 7) is 2.18. The number of rotatable bonds is 6. The molecule has 1 aromatic carbocycles. The molecule has 1 aliphatic rings. The normalized spacial score (nSPS) is 23.4. The standard InChI is InChI=1S/C15H22N2O/c1-2-6-12-10-14(12)17-15(18)13(16)9-11-7-4-3-5-8-11/h3-5,7-8,12-14H,2,6,9-10,16H2,1H3,(H,17,18). The average Bonchev–Trinajstić information content (AvgIpc) is 3.09. The lowest BCUT2D eigenvalue weighted by molar-refractivity contribution is -0.122. The summed E-state index contributed by atoms with van der Waals surface area (Å²) in [4.78, 5) is 11.9. The molecule has 3 N–H and O–H groups in total. The van der Waals surface area contributed by atoms with Gasteiger partial charge in [0.1, 0.15) is 0 Å². The fraction of sp³-hybridized carbons (Fsp3) is 0.533. The van der Waals surface area contributed by atoms with Gasteiger partial charge in [0, 0.05) is 6.04 Å². The van der Waals surface area contributed by atoms with Crippen molar-refractivity contribution in [1.29, 1.82) is 0 Å². The van der Waals surface area contributed by atoms with E-state index in [0.29, 0.717) is 18.4 Å². The highest BCUT2D eigenvalue weighted by atomic mass is 16.2. The predicted octanol–water partition coefficient (Wildman–Crippen LogP) is 1.86. The molecule has 3 nitrogen and oxygen atoms in total. The fourth-order valence-corrected chi connectivity index (χ4v) is 2.36. The van der Waals surface area contributed by atoms with Crippen LogP contribution in [0, 0.1) is 5.92 Å². The van der Waals surface area contributed by atoms with Gasteiger partial charge in [-0.05, 0) is 30.7 Å². The van der Waals surface area contributed by atoms with E-state index in [-0.39, 0.29) is 5.91 Å². The molecule has 1 saturated carbocycles. The van der Waals surface area contributed by atoms with Gasteiger partial charge in [-0.2, -0.15) is 0 Å². The maximum atomic E-state index is 11.9. The van der Waals surface area contributed by atoms with Crippen LogP contribution in [0.1, 0.15) is 31.7 Å². The minimum absolute atomic E-state index is 0.0116. The SMILES string of the molecule is CCCC1CC1NC(=O)C(N)Cc1ccccc1. The fourth-order valence-electron chi connectivity index (χ4n) is 2.36. The number of carbonyl (C=O) groups excluding carboxylic acids is 1. The highest BCUT2D eigenvalue weighted by Crippen LogP contribution is 2.34. The largest absolute Gasteiger partial charge is 0.352 e. The molecule has 1 aliphatic carbocycles. The zero-order valence-electron chi connectivity index (χ0n) is 10.9. The van der Waals surface area contributed by atoms with Crippen LogP contribution in [0.2, 0.25) is 0 Å². The van der Waals surface area contributed by atoms with Gasteiger partial charge in [-0.3, -0.25) is 4.79 Å². The van der Waals surface area contributed by atoms with Crippen LogP contribution in [0.3, 0.4) is 0 Å². The van der Waals surface area contributed by atoms with Crippen molar-refractivity contribution in [2.75, 3.05) is 0 Å². The number of hydrogen-bond acceptors (Lipinski definition) is 2. The molecule has 3 atom stereocenters. The van der Waals surface area contributed by atoms with Crippen LogP contribution in [0.5, 0.6) is 0 Å². The number of nitrogens with one attached hydrogen (secondary N) is 1. The maximum absolute atomic E-state index is 11.9. The number of benzene rings is 1. The first-order chi connectivity index (χ1) is 8.70. The first-order valence-corrected chi connectivity index (χ1v) is 6.80. The van der Waals surface area contributed by atoms with E-state index in [9.17, 15) is 4.79 Å². The third-order valence-corrected chi connectivity index (χ3v) is 3.54. The zero-order valence-corrected chi connectivity index (χ0v) is 10.9. The molecule has 0 spiro atoms. The summed E-state index contributed by atoms with van der Waals surface area (Å²) >= 11 is 0. The Bertz CT molecular complexity index is 391. The zero-order chi connectivity index (χ0) is 13.0. The molecule has 0 radical (unpaired) electrons. The first-order valence-electron chi connectivity index (χ1n) is 6.80. The molecule has 0 saturated heterocycles. The summed E-state index contributed by atoms with van der Waals surface area (Å²) in [6.07, 6.45) is 4.13. The lowest BCUT2D eigenvalue weighted by Gasteiger charge is -2.12. The van der Waals surface area contributed by atoms with Crippen LogP contribution in [0.4, 0.5) is 0 Å². The van der Waals surface area contributed by atoms with Gasteiger partial charge >= 0.3 is 0 Å². The monoisotopic (exact) mass is 246 g/mol. The van der Waals surface area contributed by atoms with Crippen molar-refractivity contribution in [3.8, 4) is 0 Å². The lowest BCUT2D eigenvalue weighted by atomic mass is 10.1. The van der Waals surface area contributed by atoms with Gasteiger partial charge in [0.05, 0.1) is 6.04 Å². The van der Waals surface area contributed by atoms with E-state index < -0.39 is 6.04 Å². The van der Waals surface area contributed by atoms with Crippen molar-refractivity contribution in [2.45, 2.75) is 44.7 Å². The van der Waals surface area contributed by atoms with Gasteiger partial charge in [-0.15, -0.1) is 0 Å². The molecule has 3 unspecified atom stereocenters. The molecule has 98 valence electrons. The Labute approximate surface area is 109 Å². The van der Waals surface area contributed by atoms with Crippen LogP contribution in [0.15, 0.2) is 30.3 Å². The van der Waals surface area contributed by atoms with E-state index in [1.807, 2.05) is 30.3 Å². The van der Waals surface area contributed by atoms with Crippen molar-refractivity contribution in [3.63, 3.8) is 0 Å². The third-order valence-electron chi connectivity index (χ3n) is 3.54. The third kappa shape index (κ3) is 3.57. The van der Waals surface area contributed by atoms with Gasteiger partial charge < -0.3 is 11.1 Å². The van der Waals surface area contributed by atoms with Crippen LogP contribution < -0.4 is 11.1 Å². The predicted molar refractivity (Wildman–Crippen MR) is 73.1 cm³/mol. The Morgan fingerprint density at radius 3 is 2.83 bits per heavy atom. The second-order valence-corrected chi connectivity index (χ2v) is 5.20. The van der Waals surface area contributed by atoms with Crippen molar-refractivity contribution < 1.29 is 4.79 Å². The van der Waals surface area contributed by atoms with E-state index in [1.165, 1.54) is 12.8 Å². The Balaban J connectivity index is 1.76. The number of nitrogens with two attached hydrogens (primary N) is 1. The second-order valence-electron chi connectivity index (χ2n) is 5.20. The topological polar surface area (TPSA) is 55.1 Å². The molecular weight excluding hydrogens is 224 g/mol.